The standard InChI is InChI=1S/C14H21N3O2S/c1-10-3-4-12(15)9-13(10)16-14(18)11(2)17-5-7-20(19)8-6-17/h3-4,9,11H,5-8,15H2,1-2H3,(H,16,18). The third-order valence-corrected chi connectivity index (χ3v) is 4.93. The summed E-state index contributed by atoms with van der Waals surface area (Å²) in [5.41, 5.74) is 8.11. The van der Waals surface area contributed by atoms with E-state index >= 15 is 0 Å². The van der Waals surface area contributed by atoms with E-state index in [9.17, 15) is 9.00 Å². The van der Waals surface area contributed by atoms with Crippen LogP contribution in [0.4, 0.5) is 11.4 Å². The molecule has 5 nitrogen and oxygen atoms in total. The lowest BCUT2D eigenvalue weighted by Gasteiger charge is -2.31. The maximum atomic E-state index is 12.3. The molecule has 1 fully saturated rings. The summed E-state index contributed by atoms with van der Waals surface area (Å²) in [5, 5.41) is 2.92. The molecule has 1 aliphatic heterocycles. The minimum atomic E-state index is -0.725. The predicted molar refractivity (Wildman–Crippen MR) is 83.1 cm³/mol. The number of carbonyl (C=O) groups excluding carboxylic acids is 1. The Morgan fingerprint density at radius 2 is 2.05 bits per heavy atom. The van der Waals surface area contributed by atoms with Crippen LogP contribution in [0.15, 0.2) is 18.2 Å². The van der Waals surface area contributed by atoms with Crippen molar-refractivity contribution in [1.29, 1.82) is 0 Å². The fourth-order valence-electron chi connectivity index (χ4n) is 2.22. The van der Waals surface area contributed by atoms with Crippen LogP contribution in [0.5, 0.6) is 0 Å². The Morgan fingerprint density at radius 1 is 1.40 bits per heavy atom. The lowest BCUT2D eigenvalue weighted by molar-refractivity contribution is -0.120. The number of rotatable bonds is 3. The molecule has 6 heteroatoms. The highest BCUT2D eigenvalue weighted by Crippen LogP contribution is 2.19. The maximum Gasteiger partial charge on any atom is 0.241 e. The molecule has 1 aromatic carbocycles. The van der Waals surface area contributed by atoms with E-state index in [1.165, 1.54) is 0 Å². The van der Waals surface area contributed by atoms with Gasteiger partial charge in [-0.1, -0.05) is 6.07 Å². The molecule has 1 saturated heterocycles. The summed E-state index contributed by atoms with van der Waals surface area (Å²) < 4.78 is 11.3. The van der Waals surface area contributed by atoms with Gasteiger partial charge in [0.05, 0.1) is 6.04 Å². The first-order chi connectivity index (χ1) is 9.47. The van der Waals surface area contributed by atoms with Crippen LogP contribution in [-0.2, 0) is 15.6 Å². The Balaban J connectivity index is 2.00. The lowest BCUT2D eigenvalue weighted by atomic mass is 10.1. The molecule has 1 aliphatic rings. The van der Waals surface area contributed by atoms with Crippen LogP contribution < -0.4 is 11.1 Å². The van der Waals surface area contributed by atoms with Crippen LogP contribution in [0.25, 0.3) is 0 Å². The fourth-order valence-corrected chi connectivity index (χ4v) is 3.30. The number of aryl methyl sites for hydroxylation is 1. The van der Waals surface area contributed by atoms with E-state index in [4.69, 9.17) is 5.73 Å². The Bertz CT molecular complexity index is 523. The molecule has 0 aromatic heterocycles. The quantitative estimate of drug-likeness (QED) is 0.815. The van der Waals surface area contributed by atoms with Crippen LogP contribution >= 0.6 is 0 Å². The van der Waals surface area contributed by atoms with E-state index in [-0.39, 0.29) is 11.9 Å². The van der Waals surface area contributed by atoms with E-state index in [0.29, 0.717) is 30.3 Å². The molecule has 1 aromatic rings. The van der Waals surface area contributed by atoms with Crippen molar-refractivity contribution in [1.82, 2.24) is 4.90 Å². The predicted octanol–water partition coefficient (Wildman–Crippen LogP) is 0.969. The van der Waals surface area contributed by atoms with Gasteiger partial charge >= 0.3 is 0 Å². The first kappa shape index (κ1) is 15.0. The number of nitrogens with two attached hydrogens (primary N) is 1. The zero-order valence-corrected chi connectivity index (χ0v) is 12.7. The first-order valence-corrected chi connectivity index (χ1v) is 8.22. The minimum absolute atomic E-state index is 0.0496. The minimum Gasteiger partial charge on any atom is -0.399 e. The molecule has 3 N–H and O–H groups in total. The average Bonchev–Trinajstić information content (AvgIpc) is 2.43. The van der Waals surface area contributed by atoms with E-state index in [1.54, 1.807) is 6.07 Å². The summed E-state index contributed by atoms with van der Waals surface area (Å²) in [7, 11) is -0.725. The third kappa shape index (κ3) is 3.58. The van der Waals surface area contributed by atoms with Gasteiger partial charge in [0.2, 0.25) is 5.91 Å². The second-order valence-corrected chi connectivity index (χ2v) is 6.82. The van der Waals surface area contributed by atoms with Crippen LogP contribution in [0.3, 0.4) is 0 Å². The summed E-state index contributed by atoms with van der Waals surface area (Å²) in [6.07, 6.45) is 0. The molecule has 0 bridgehead atoms. The largest absolute Gasteiger partial charge is 0.399 e. The second kappa shape index (κ2) is 6.37. The molecule has 2 rings (SSSR count). The summed E-state index contributed by atoms with van der Waals surface area (Å²) in [6, 6.07) is 5.24. The van der Waals surface area contributed by atoms with Crippen LogP contribution in [0.1, 0.15) is 12.5 Å². The molecule has 0 radical (unpaired) electrons. The summed E-state index contributed by atoms with van der Waals surface area (Å²) in [6.45, 7) is 5.23. The zero-order valence-electron chi connectivity index (χ0n) is 11.9. The Kier molecular flexibility index (Phi) is 4.77. The molecule has 0 spiro atoms. The number of hydrogen-bond donors (Lipinski definition) is 2. The average molecular weight is 295 g/mol. The lowest BCUT2D eigenvalue weighted by Crippen LogP contribution is -2.48. The van der Waals surface area contributed by atoms with E-state index < -0.39 is 10.8 Å². The number of nitrogen functional groups attached to an aromatic ring is 1. The number of benzene rings is 1. The van der Waals surface area contributed by atoms with Gasteiger partial charge in [0.1, 0.15) is 0 Å². The van der Waals surface area contributed by atoms with Crippen molar-refractivity contribution in [3.8, 4) is 0 Å². The van der Waals surface area contributed by atoms with Gasteiger partial charge < -0.3 is 11.1 Å². The van der Waals surface area contributed by atoms with Gasteiger partial charge in [-0.2, -0.15) is 0 Å². The highest BCUT2D eigenvalue weighted by Gasteiger charge is 2.25. The van der Waals surface area contributed by atoms with E-state index in [1.807, 2.05) is 26.0 Å². The third-order valence-electron chi connectivity index (χ3n) is 3.66. The topological polar surface area (TPSA) is 75.4 Å². The van der Waals surface area contributed by atoms with Crippen molar-refractivity contribution < 1.29 is 9.00 Å². The second-order valence-electron chi connectivity index (χ2n) is 5.12. The molecule has 0 aliphatic carbocycles. The van der Waals surface area contributed by atoms with Crippen LogP contribution in [-0.4, -0.2) is 45.7 Å². The number of hydrogen-bond acceptors (Lipinski definition) is 4. The summed E-state index contributed by atoms with van der Waals surface area (Å²) >= 11 is 0. The smallest absolute Gasteiger partial charge is 0.241 e. The molecule has 1 unspecified atom stereocenters. The van der Waals surface area contributed by atoms with Gasteiger partial charge in [-0.05, 0) is 31.5 Å². The molecule has 20 heavy (non-hydrogen) atoms. The van der Waals surface area contributed by atoms with E-state index in [2.05, 4.69) is 10.2 Å². The van der Waals surface area contributed by atoms with Crippen molar-refractivity contribution in [2.24, 2.45) is 0 Å². The Labute approximate surface area is 122 Å². The van der Waals surface area contributed by atoms with Gasteiger partial charge in [0.15, 0.2) is 0 Å². The number of amides is 1. The fraction of sp³-hybridized carbons (Fsp3) is 0.500. The Hall–Kier alpha value is -1.40. The number of carbonyl (C=O) groups is 1. The maximum absolute atomic E-state index is 12.3. The molecule has 1 atom stereocenters. The van der Waals surface area contributed by atoms with Crippen molar-refractivity contribution in [2.45, 2.75) is 19.9 Å². The van der Waals surface area contributed by atoms with Gasteiger partial charge in [-0.25, -0.2) is 0 Å². The van der Waals surface area contributed by atoms with Gasteiger partial charge in [-0.15, -0.1) is 0 Å². The highest BCUT2D eigenvalue weighted by atomic mass is 32.2. The normalized spacial score (nSPS) is 18.7. The van der Waals surface area contributed by atoms with Crippen molar-refractivity contribution in [2.75, 3.05) is 35.6 Å². The van der Waals surface area contributed by atoms with Crippen LogP contribution in [0, 0.1) is 6.92 Å². The zero-order chi connectivity index (χ0) is 14.7. The highest BCUT2D eigenvalue weighted by molar-refractivity contribution is 7.85. The molecule has 0 saturated carbocycles. The van der Waals surface area contributed by atoms with Gasteiger partial charge in [-0.3, -0.25) is 13.9 Å². The molecule has 110 valence electrons. The molecular weight excluding hydrogens is 274 g/mol. The van der Waals surface area contributed by atoms with Crippen molar-refractivity contribution in [3.05, 3.63) is 23.8 Å². The number of anilines is 2. The number of nitrogens with one attached hydrogen (secondary N) is 1. The van der Waals surface area contributed by atoms with E-state index in [0.717, 1.165) is 11.3 Å². The van der Waals surface area contributed by atoms with Gasteiger partial charge in [0.25, 0.3) is 0 Å². The molecule has 1 amide bonds. The van der Waals surface area contributed by atoms with Crippen molar-refractivity contribution in [3.63, 3.8) is 0 Å². The van der Waals surface area contributed by atoms with Crippen molar-refractivity contribution >= 4 is 28.1 Å². The van der Waals surface area contributed by atoms with Crippen LogP contribution in [0.2, 0.25) is 0 Å². The number of nitrogens with zero attached hydrogens (tertiary/aromatic N) is 1. The van der Waals surface area contributed by atoms with Gasteiger partial charge in [0, 0.05) is 46.8 Å². The molecule has 1 heterocycles. The molecular formula is C14H21N3O2S. The first-order valence-electron chi connectivity index (χ1n) is 6.73. The summed E-state index contributed by atoms with van der Waals surface area (Å²) in [4.78, 5) is 14.4. The monoisotopic (exact) mass is 295 g/mol. The summed E-state index contributed by atoms with van der Waals surface area (Å²) in [5.74, 6) is 1.25. The Morgan fingerprint density at radius 3 is 2.70 bits per heavy atom. The SMILES string of the molecule is Cc1ccc(N)cc1NC(=O)C(C)N1CCS(=O)CC1.